The first kappa shape index (κ1) is 9.59. The normalized spacial score (nSPS) is 10.2. The molecule has 0 fully saturated rings. The Bertz CT molecular complexity index is 543. The van der Waals surface area contributed by atoms with E-state index in [0.717, 1.165) is 10.9 Å². The zero-order chi connectivity index (χ0) is 10.8. The minimum absolute atomic E-state index is 0.0965. The van der Waals surface area contributed by atoms with Gasteiger partial charge in [-0.3, -0.25) is 4.79 Å². The van der Waals surface area contributed by atoms with Gasteiger partial charge in [-0.2, -0.15) is 0 Å². The maximum atomic E-state index is 11.6. The smallest absolute Gasteiger partial charge is 0.206 e. The number of hydrogen-bond acceptors (Lipinski definition) is 2. The molecule has 1 aromatic heterocycles. The Kier molecular flexibility index (Phi) is 2.34. The Morgan fingerprint density at radius 1 is 1.20 bits per heavy atom. The van der Waals surface area contributed by atoms with Gasteiger partial charge < -0.3 is 0 Å². The third-order valence-corrected chi connectivity index (χ3v) is 2.22. The molecular weight excluding hydrogens is 186 g/mol. The molecule has 0 aliphatic carbocycles. The number of para-hydroxylation sites is 1. The van der Waals surface area contributed by atoms with Gasteiger partial charge in [-0.05, 0) is 24.6 Å². The molecule has 0 N–H and O–H groups in total. The summed E-state index contributed by atoms with van der Waals surface area (Å²) < 4.78 is 0. The highest BCUT2D eigenvalue weighted by atomic mass is 16.1. The van der Waals surface area contributed by atoms with Crippen LogP contribution < -0.4 is 0 Å². The van der Waals surface area contributed by atoms with Crippen molar-refractivity contribution < 1.29 is 4.79 Å². The lowest BCUT2D eigenvalue weighted by atomic mass is 10.1. The number of allylic oxidation sites excluding steroid dienone is 1. The van der Waals surface area contributed by atoms with E-state index in [2.05, 4.69) is 11.6 Å². The van der Waals surface area contributed by atoms with Gasteiger partial charge in [-0.15, -0.1) is 0 Å². The number of benzene rings is 1. The van der Waals surface area contributed by atoms with Crippen molar-refractivity contribution in [1.82, 2.24) is 4.98 Å². The summed E-state index contributed by atoms with van der Waals surface area (Å²) in [6.07, 6.45) is 0. The fraction of sp³-hybridized carbons (Fsp3) is 0.0769. The van der Waals surface area contributed by atoms with E-state index in [1.165, 1.54) is 0 Å². The summed E-state index contributed by atoms with van der Waals surface area (Å²) in [4.78, 5) is 15.9. The van der Waals surface area contributed by atoms with Crippen molar-refractivity contribution in [2.75, 3.05) is 0 Å². The third-order valence-electron chi connectivity index (χ3n) is 2.22. The maximum Gasteiger partial charge on any atom is 0.206 e. The van der Waals surface area contributed by atoms with Crippen LogP contribution in [0.5, 0.6) is 0 Å². The van der Waals surface area contributed by atoms with Gasteiger partial charge in [0.05, 0.1) is 5.52 Å². The molecule has 0 radical (unpaired) electrons. The number of Topliss-reactive ketones (excluding diaryl/α,β-unsaturated/α-hetero) is 1. The van der Waals surface area contributed by atoms with Crippen molar-refractivity contribution in [3.63, 3.8) is 0 Å². The van der Waals surface area contributed by atoms with Gasteiger partial charge in [-0.1, -0.05) is 30.8 Å². The number of carbonyl (C=O) groups is 1. The number of pyridine rings is 1. The Labute approximate surface area is 88.3 Å². The first-order valence-corrected chi connectivity index (χ1v) is 4.74. The van der Waals surface area contributed by atoms with Gasteiger partial charge in [0.1, 0.15) is 5.69 Å². The predicted molar refractivity (Wildman–Crippen MR) is 60.9 cm³/mol. The molecule has 0 amide bonds. The fourth-order valence-corrected chi connectivity index (χ4v) is 1.41. The van der Waals surface area contributed by atoms with Crippen molar-refractivity contribution in [1.29, 1.82) is 0 Å². The molecular formula is C13H11NO. The molecule has 2 aromatic rings. The second-order valence-electron chi connectivity index (χ2n) is 3.50. The molecule has 0 saturated heterocycles. The monoisotopic (exact) mass is 197 g/mol. The van der Waals surface area contributed by atoms with Crippen LogP contribution in [0.15, 0.2) is 48.6 Å². The average molecular weight is 197 g/mol. The number of hydrogen-bond donors (Lipinski definition) is 0. The van der Waals surface area contributed by atoms with Crippen LogP contribution in [-0.4, -0.2) is 10.8 Å². The second kappa shape index (κ2) is 3.65. The topological polar surface area (TPSA) is 30.0 Å². The van der Waals surface area contributed by atoms with Crippen molar-refractivity contribution in [2.24, 2.45) is 0 Å². The summed E-state index contributed by atoms with van der Waals surface area (Å²) in [7, 11) is 0. The number of nitrogens with zero attached hydrogens (tertiary/aromatic N) is 1. The SMILES string of the molecule is C=C(C)C(=O)c1ccc2ccccc2n1. The highest BCUT2D eigenvalue weighted by Crippen LogP contribution is 2.13. The van der Waals surface area contributed by atoms with E-state index in [-0.39, 0.29) is 5.78 Å². The molecule has 2 rings (SSSR count). The average Bonchev–Trinajstić information content (AvgIpc) is 2.27. The molecule has 2 heteroatoms. The second-order valence-corrected chi connectivity index (χ2v) is 3.50. The number of aromatic nitrogens is 1. The Morgan fingerprint density at radius 3 is 2.67 bits per heavy atom. The zero-order valence-corrected chi connectivity index (χ0v) is 8.53. The molecule has 1 heterocycles. The number of carbonyl (C=O) groups excluding carboxylic acids is 1. The van der Waals surface area contributed by atoms with Crippen LogP contribution in [0.2, 0.25) is 0 Å². The van der Waals surface area contributed by atoms with Crippen molar-refractivity contribution in [3.05, 3.63) is 54.2 Å². The summed E-state index contributed by atoms with van der Waals surface area (Å²) >= 11 is 0. The molecule has 0 unspecified atom stereocenters. The predicted octanol–water partition coefficient (Wildman–Crippen LogP) is 2.99. The first-order valence-electron chi connectivity index (χ1n) is 4.74. The van der Waals surface area contributed by atoms with Gasteiger partial charge in [0, 0.05) is 5.39 Å². The lowest BCUT2D eigenvalue weighted by Crippen LogP contribution is -2.02. The van der Waals surface area contributed by atoms with Crippen LogP contribution in [0.4, 0.5) is 0 Å². The van der Waals surface area contributed by atoms with E-state index in [1.807, 2.05) is 30.3 Å². The van der Waals surface area contributed by atoms with Crippen LogP contribution in [0, 0.1) is 0 Å². The molecule has 1 aromatic carbocycles. The van der Waals surface area contributed by atoms with Gasteiger partial charge in [0.15, 0.2) is 0 Å². The van der Waals surface area contributed by atoms with Crippen LogP contribution in [-0.2, 0) is 0 Å². The molecule has 0 bridgehead atoms. The standard InChI is InChI=1S/C13H11NO/c1-9(2)13(15)12-8-7-10-5-3-4-6-11(10)14-12/h3-8H,1H2,2H3. The van der Waals surface area contributed by atoms with Crippen LogP contribution in [0.25, 0.3) is 10.9 Å². The summed E-state index contributed by atoms with van der Waals surface area (Å²) in [6.45, 7) is 5.32. The van der Waals surface area contributed by atoms with E-state index < -0.39 is 0 Å². The minimum atomic E-state index is -0.0965. The van der Waals surface area contributed by atoms with E-state index in [0.29, 0.717) is 11.3 Å². The highest BCUT2D eigenvalue weighted by Gasteiger charge is 2.07. The lowest BCUT2D eigenvalue weighted by molar-refractivity contribution is 0.103. The van der Waals surface area contributed by atoms with Crippen molar-refractivity contribution in [3.8, 4) is 0 Å². The Balaban J connectivity index is 2.56. The van der Waals surface area contributed by atoms with Crippen molar-refractivity contribution in [2.45, 2.75) is 6.92 Å². The minimum Gasteiger partial charge on any atom is -0.287 e. The summed E-state index contributed by atoms with van der Waals surface area (Å²) in [5.74, 6) is -0.0965. The van der Waals surface area contributed by atoms with E-state index in [1.54, 1.807) is 13.0 Å². The quantitative estimate of drug-likeness (QED) is 0.547. The molecule has 0 spiro atoms. The summed E-state index contributed by atoms with van der Waals surface area (Å²) in [5.41, 5.74) is 1.81. The maximum absolute atomic E-state index is 11.6. The third kappa shape index (κ3) is 1.79. The highest BCUT2D eigenvalue weighted by molar-refractivity contribution is 6.07. The van der Waals surface area contributed by atoms with Crippen LogP contribution in [0.1, 0.15) is 17.4 Å². The van der Waals surface area contributed by atoms with Crippen LogP contribution in [0.3, 0.4) is 0 Å². The fourth-order valence-electron chi connectivity index (χ4n) is 1.41. The molecule has 0 aliphatic heterocycles. The molecule has 74 valence electrons. The largest absolute Gasteiger partial charge is 0.287 e. The summed E-state index contributed by atoms with van der Waals surface area (Å²) in [6, 6.07) is 11.4. The molecule has 15 heavy (non-hydrogen) atoms. The van der Waals surface area contributed by atoms with Crippen LogP contribution >= 0.6 is 0 Å². The van der Waals surface area contributed by atoms with Gasteiger partial charge in [0.25, 0.3) is 0 Å². The van der Waals surface area contributed by atoms with E-state index >= 15 is 0 Å². The Hall–Kier alpha value is -1.96. The molecule has 2 nitrogen and oxygen atoms in total. The van der Waals surface area contributed by atoms with Gasteiger partial charge in [-0.25, -0.2) is 4.98 Å². The van der Waals surface area contributed by atoms with E-state index in [9.17, 15) is 4.79 Å². The van der Waals surface area contributed by atoms with Gasteiger partial charge in [0.2, 0.25) is 5.78 Å². The molecule has 0 aliphatic rings. The number of fused-ring (bicyclic) bond motifs is 1. The number of ketones is 1. The van der Waals surface area contributed by atoms with Crippen molar-refractivity contribution >= 4 is 16.7 Å². The molecule has 0 atom stereocenters. The van der Waals surface area contributed by atoms with Gasteiger partial charge >= 0.3 is 0 Å². The van der Waals surface area contributed by atoms with E-state index in [4.69, 9.17) is 0 Å². The Morgan fingerprint density at radius 2 is 1.93 bits per heavy atom. The zero-order valence-electron chi connectivity index (χ0n) is 8.53. The first-order chi connectivity index (χ1) is 7.18. The number of rotatable bonds is 2. The summed E-state index contributed by atoms with van der Waals surface area (Å²) in [5, 5.41) is 1.04. The molecule has 0 saturated carbocycles. The lowest BCUT2D eigenvalue weighted by Gasteiger charge is -2.01.